The van der Waals surface area contributed by atoms with E-state index in [1.165, 1.54) is 33.6 Å². The Morgan fingerprint density at radius 1 is 1.20 bits per heavy atom. The Morgan fingerprint density at radius 2 is 1.91 bits per heavy atom. The third-order valence-electron chi connectivity index (χ3n) is 6.36. The molecule has 2 aromatic rings. The number of thiophene rings is 2. The molecule has 2 amide bonds. The molecule has 1 N–H and O–H groups in total. The van der Waals surface area contributed by atoms with Crippen molar-refractivity contribution >= 4 is 62.1 Å². The number of sulfonamides is 1. The molecule has 2 fully saturated rings. The zero-order chi connectivity index (χ0) is 25.3. The van der Waals surface area contributed by atoms with Gasteiger partial charge in [0.15, 0.2) is 0 Å². The van der Waals surface area contributed by atoms with Crippen LogP contribution in [0.2, 0.25) is 4.34 Å². The van der Waals surface area contributed by atoms with Crippen LogP contribution < -0.4 is 0 Å². The van der Waals surface area contributed by atoms with Gasteiger partial charge >= 0.3 is 5.97 Å². The molecule has 4 rings (SSSR count). The summed E-state index contributed by atoms with van der Waals surface area (Å²) in [5.41, 5.74) is 0. The fourth-order valence-corrected chi connectivity index (χ4v) is 8.82. The third kappa shape index (κ3) is 5.26. The summed E-state index contributed by atoms with van der Waals surface area (Å²) < 4.78 is 28.7. The molecule has 2 aromatic heterocycles. The predicted molar refractivity (Wildman–Crippen MR) is 134 cm³/mol. The molecule has 190 valence electrons. The molecule has 2 aliphatic heterocycles. The lowest BCUT2D eigenvalue weighted by molar-refractivity contribution is -0.145. The molecule has 0 spiro atoms. The fraction of sp³-hybridized carbons (Fsp3) is 0.500. The van der Waals surface area contributed by atoms with Gasteiger partial charge in [-0.1, -0.05) is 11.6 Å². The number of halogens is 1. The van der Waals surface area contributed by atoms with Gasteiger partial charge in [-0.2, -0.15) is 4.31 Å². The minimum Gasteiger partial charge on any atom is -0.480 e. The summed E-state index contributed by atoms with van der Waals surface area (Å²) in [5.74, 6) is -2.09. The van der Waals surface area contributed by atoms with Crippen LogP contribution >= 0.6 is 34.3 Å². The van der Waals surface area contributed by atoms with Gasteiger partial charge < -0.3 is 14.9 Å². The Kier molecular flexibility index (Phi) is 7.86. The zero-order valence-electron chi connectivity index (χ0n) is 19.1. The van der Waals surface area contributed by atoms with E-state index in [1.807, 2.05) is 0 Å². The maximum absolute atomic E-state index is 13.7. The van der Waals surface area contributed by atoms with E-state index >= 15 is 0 Å². The molecule has 0 bridgehead atoms. The molecule has 2 aliphatic rings. The highest BCUT2D eigenvalue weighted by Gasteiger charge is 2.46. The summed E-state index contributed by atoms with van der Waals surface area (Å²) >= 11 is 8.44. The molecule has 2 saturated heterocycles. The predicted octanol–water partition coefficient (Wildman–Crippen LogP) is 3.21. The number of piperidine rings is 1. The first-order chi connectivity index (χ1) is 16.6. The van der Waals surface area contributed by atoms with Crippen molar-refractivity contribution in [1.82, 2.24) is 14.1 Å². The van der Waals surface area contributed by atoms with Gasteiger partial charge in [0.05, 0.1) is 9.21 Å². The molecule has 0 saturated carbocycles. The number of hydrogen-bond acceptors (Lipinski definition) is 7. The van der Waals surface area contributed by atoms with E-state index in [-0.39, 0.29) is 23.8 Å². The highest BCUT2D eigenvalue weighted by Crippen LogP contribution is 2.40. The molecule has 0 aliphatic carbocycles. The summed E-state index contributed by atoms with van der Waals surface area (Å²) in [6.45, 7) is 2.24. The second-order valence-corrected chi connectivity index (χ2v) is 13.0. The average molecular weight is 560 g/mol. The van der Waals surface area contributed by atoms with Crippen LogP contribution in [-0.4, -0.2) is 83.7 Å². The zero-order valence-corrected chi connectivity index (χ0v) is 22.3. The van der Waals surface area contributed by atoms with Crippen LogP contribution in [0, 0.1) is 0 Å². The van der Waals surface area contributed by atoms with Gasteiger partial charge in [-0.25, -0.2) is 8.42 Å². The van der Waals surface area contributed by atoms with Crippen LogP contribution in [-0.2, 0) is 24.4 Å². The lowest BCUT2D eigenvalue weighted by atomic mass is 10.1. The van der Waals surface area contributed by atoms with Crippen LogP contribution in [0.4, 0.5) is 0 Å². The van der Waals surface area contributed by atoms with Gasteiger partial charge in [0.2, 0.25) is 21.8 Å². The topological polar surface area (TPSA) is 115 Å². The van der Waals surface area contributed by atoms with Crippen LogP contribution in [0.15, 0.2) is 28.5 Å². The number of amides is 2. The van der Waals surface area contributed by atoms with Gasteiger partial charge in [-0.15, -0.1) is 22.7 Å². The number of carbonyl (C=O) groups is 3. The van der Waals surface area contributed by atoms with Crippen molar-refractivity contribution in [2.75, 3.05) is 26.2 Å². The SMILES string of the molecule is C[C@@H](C(=O)N1CCCCC1)N1CC[C@@H](N(CC(=O)O)S(=O)(=O)c2ccsc2-c2ccc(Cl)s2)C1=O. The molecule has 2 atom stereocenters. The van der Waals surface area contributed by atoms with Crippen LogP contribution in [0.5, 0.6) is 0 Å². The minimum absolute atomic E-state index is 0.0639. The third-order valence-corrected chi connectivity index (χ3v) is 10.7. The van der Waals surface area contributed by atoms with Crippen LogP contribution in [0.1, 0.15) is 32.6 Å². The number of nitrogens with zero attached hydrogens (tertiary/aromatic N) is 3. The van der Waals surface area contributed by atoms with Crippen LogP contribution in [0.3, 0.4) is 0 Å². The molecule has 0 aromatic carbocycles. The van der Waals surface area contributed by atoms with E-state index in [4.69, 9.17) is 11.6 Å². The first-order valence-electron chi connectivity index (χ1n) is 11.3. The maximum Gasteiger partial charge on any atom is 0.318 e. The van der Waals surface area contributed by atoms with E-state index in [0.717, 1.165) is 23.6 Å². The Labute approximate surface area is 216 Å². The summed E-state index contributed by atoms with van der Waals surface area (Å²) in [5, 5.41) is 11.1. The van der Waals surface area contributed by atoms with Gasteiger partial charge in [-0.3, -0.25) is 14.4 Å². The second kappa shape index (κ2) is 10.6. The lowest BCUT2D eigenvalue weighted by Gasteiger charge is -2.33. The molecule has 35 heavy (non-hydrogen) atoms. The van der Waals surface area contributed by atoms with Crippen LogP contribution in [0.25, 0.3) is 9.75 Å². The molecular formula is C22H26ClN3O6S3. The summed E-state index contributed by atoms with van der Waals surface area (Å²) in [7, 11) is -4.34. The number of carbonyl (C=O) groups excluding carboxylic acids is 2. The molecule has 9 nitrogen and oxygen atoms in total. The first-order valence-corrected chi connectivity index (χ1v) is 14.8. The van der Waals surface area contributed by atoms with E-state index in [2.05, 4.69) is 0 Å². The number of likely N-dealkylation sites (tertiary alicyclic amines) is 2. The molecule has 0 unspecified atom stereocenters. The van der Waals surface area contributed by atoms with Gasteiger partial charge in [0, 0.05) is 24.5 Å². The minimum atomic E-state index is -4.34. The highest BCUT2D eigenvalue weighted by molar-refractivity contribution is 7.89. The van der Waals surface area contributed by atoms with E-state index < -0.39 is 40.5 Å². The average Bonchev–Trinajstić information content (AvgIpc) is 3.57. The van der Waals surface area contributed by atoms with E-state index in [1.54, 1.807) is 29.3 Å². The number of aliphatic carboxylic acids is 1. The normalized spacial score (nSPS) is 20.0. The van der Waals surface area contributed by atoms with Crippen molar-refractivity contribution in [3.63, 3.8) is 0 Å². The van der Waals surface area contributed by atoms with Gasteiger partial charge in [-0.05, 0) is 56.2 Å². The van der Waals surface area contributed by atoms with Crippen molar-refractivity contribution < 1.29 is 27.9 Å². The molecule has 4 heterocycles. The maximum atomic E-state index is 13.7. The van der Waals surface area contributed by atoms with Crippen molar-refractivity contribution in [2.24, 2.45) is 0 Å². The van der Waals surface area contributed by atoms with Crippen molar-refractivity contribution in [1.29, 1.82) is 0 Å². The quantitative estimate of drug-likeness (QED) is 0.531. The number of rotatable bonds is 8. The Balaban J connectivity index is 1.61. The smallest absolute Gasteiger partial charge is 0.318 e. The fourth-order valence-electron chi connectivity index (χ4n) is 4.59. The first kappa shape index (κ1) is 26.1. The Hall–Kier alpha value is -1.99. The van der Waals surface area contributed by atoms with E-state index in [0.29, 0.717) is 27.2 Å². The van der Waals surface area contributed by atoms with Crippen molar-refractivity contribution in [3.05, 3.63) is 27.9 Å². The number of carboxylic acid groups (broad SMARTS) is 1. The van der Waals surface area contributed by atoms with Crippen molar-refractivity contribution in [2.45, 2.75) is 49.6 Å². The lowest BCUT2D eigenvalue weighted by Crippen LogP contribution is -2.52. The summed E-state index contributed by atoms with van der Waals surface area (Å²) in [6, 6.07) is 2.83. The molecule has 0 radical (unpaired) electrons. The summed E-state index contributed by atoms with van der Waals surface area (Å²) in [6.07, 6.45) is 3.00. The Morgan fingerprint density at radius 3 is 2.54 bits per heavy atom. The number of carboxylic acids is 1. The highest BCUT2D eigenvalue weighted by atomic mass is 35.5. The molecule has 13 heteroatoms. The Bertz CT molecular complexity index is 1220. The largest absolute Gasteiger partial charge is 0.480 e. The standard InChI is InChI=1S/C22H26ClN3O6S3/c1-14(21(29)24-9-3-2-4-10-24)25-11-7-15(22(25)30)26(13-19(27)28)35(31,32)17-8-12-33-20(17)16-5-6-18(23)34-16/h5-6,8,12,14-15H,2-4,7,9-11,13H2,1H3,(H,27,28)/t14-,15+/m0/s1. The second-order valence-electron chi connectivity index (χ2n) is 8.56. The summed E-state index contributed by atoms with van der Waals surface area (Å²) in [4.78, 5) is 42.1. The monoisotopic (exact) mass is 559 g/mol. The number of hydrogen-bond donors (Lipinski definition) is 1. The van der Waals surface area contributed by atoms with E-state index in [9.17, 15) is 27.9 Å². The molecular weight excluding hydrogens is 534 g/mol. The van der Waals surface area contributed by atoms with Crippen molar-refractivity contribution in [3.8, 4) is 9.75 Å². The van der Waals surface area contributed by atoms with Gasteiger partial charge in [0.1, 0.15) is 23.5 Å². The van der Waals surface area contributed by atoms with Gasteiger partial charge in [0.25, 0.3) is 0 Å².